The van der Waals surface area contributed by atoms with Crippen molar-refractivity contribution in [2.24, 2.45) is 5.73 Å². The molecule has 11 heteroatoms. The fraction of sp³-hybridized carbons (Fsp3) is 0.207. The third-order valence-electron chi connectivity index (χ3n) is 6.77. The zero-order chi connectivity index (χ0) is 27.3. The van der Waals surface area contributed by atoms with E-state index in [-0.39, 0.29) is 18.0 Å². The second-order valence-corrected chi connectivity index (χ2v) is 9.71. The Labute approximate surface area is 230 Å². The molecule has 0 unspecified atom stereocenters. The van der Waals surface area contributed by atoms with Crippen LogP contribution in [0.3, 0.4) is 0 Å². The van der Waals surface area contributed by atoms with Gasteiger partial charge in [0, 0.05) is 48.1 Å². The number of imidazole rings is 1. The molecule has 1 amide bonds. The molecule has 1 aromatic carbocycles. The highest BCUT2D eigenvalue weighted by Gasteiger charge is 2.21. The zero-order valence-corrected chi connectivity index (χ0v) is 21.7. The highest BCUT2D eigenvalue weighted by atomic mass is 16.5. The maximum Gasteiger partial charge on any atom is 0.276 e. The molecular formula is C29H29N9O2. The van der Waals surface area contributed by atoms with Crippen LogP contribution in [0.2, 0.25) is 0 Å². The maximum atomic E-state index is 13.2. The van der Waals surface area contributed by atoms with Crippen molar-refractivity contribution < 1.29 is 9.53 Å². The fourth-order valence-electron chi connectivity index (χ4n) is 4.69. The van der Waals surface area contributed by atoms with Crippen molar-refractivity contribution in [1.29, 1.82) is 0 Å². The predicted octanol–water partition coefficient (Wildman–Crippen LogP) is 4.99. The van der Waals surface area contributed by atoms with Gasteiger partial charge in [0.1, 0.15) is 17.3 Å². The van der Waals surface area contributed by atoms with Gasteiger partial charge in [-0.05, 0) is 74.2 Å². The molecule has 202 valence electrons. The van der Waals surface area contributed by atoms with E-state index in [9.17, 15) is 4.79 Å². The number of hydrogen-bond acceptors (Lipinski definition) is 9. The van der Waals surface area contributed by atoms with Crippen molar-refractivity contribution in [1.82, 2.24) is 24.6 Å². The van der Waals surface area contributed by atoms with E-state index >= 15 is 0 Å². The lowest BCUT2D eigenvalue weighted by molar-refractivity contribution is 0.102. The Bertz CT molecular complexity index is 1580. The molecule has 40 heavy (non-hydrogen) atoms. The van der Waals surface area contributed by atoms with E-state index in [2.05, 4.69) is 30.9 Å². The third kappa shape index (κ3) is 5.84. The summed E-state index contributed by atoms with van der Waals surface area (Å²) in [5.74, 6) is 1.67. The van der Waals surface area contributed by atoms with Crippen LogP contribution < -0.4 is 26.4 Å². The van der Waals surface area contributed by atoms with Crippen LogP contribution >= 0.6 is 0 Å². The number of pyridine rings is 2. The molecule has 0 bridgehead atoms. The molecule has 0 atom stereocenters. The number of anilines is 4. The van der Waals surface area contributed by atoms with E-state index in [0.717, 1.165) is 31.4 Å². The lowest BCUT2D eigenvalue weighted by atomic mass is 9.92. The zero-order valence-electron chi connectivity index (χ0n) is 21.7. The predicted molar refractivity (Wildman–Crippen MR) is 153 cm³/mol. The van der Waals surface area contributed by atoms with Crippen LogP contribution in [0, 0.1) is 0 Å². The van der Waals surface area contributed by atoms with Crippen molar-refractivity contribution in [3.63, 3.8) is 0 Å². The molecule has 0 saturated heterocycles. The summed E-state index contributed by atoms with van der Waals surface area (Å²) in [5.41, 5.74) is 9.10. The second kappa shape index (κ2) is 11.4. The van der Waals surface area contributed by atoms with Crippen molar-refractivity contribution in [2.45, 2.75) is 37.8 Å². The molecule has 6 rings (SSSR count). The van der Waals surface area contributed by atoms with Gasteiger partial charge in [-0.2, -0.15) is 0 Å². The van der Waals surface area contributed by atoms with E-state index in [1.165, 1.54) is 6.20 Å². The van der Waals surface area contributed by atoms with Gasteiger partial charge in [0.05, 0.1) is 18.1 Å². The van der Waals surface area contributed by atoms with Crippen LogP contribution in [0.1, 0.15) is 36.2 Å². The van der Waals surface area contributed by atoms with Gasteiger partial charge in [0.15, 0.2) is 11.3 Å². The first kappa shape index (κ1) is 25.3. The third-order valence-corrected chi connectivity index (χ3v) is 6.77. The molecule has 1 fully saturated rings. The number of benzene rings is 1. The Morgan fingerprint density at radius 3 is 2.45 bits per heavy atom. The SMILES string of the molecule is N[C@H]1CC[C@H](Nc2cc(Nc3ccc(Oc4cccnc4)cc3)c3ncc(C(=O)Nc4ccncc4)n3n2)CC1. The van der Waals surface area contributed by atoms with Gasteiger partial charge in [-0.3, -0.25) is 14.8 Å². The first-order valence-corrected chi connectivity index (χ1v) is 13.2. The Kier molecular flexibility index (Phi) is 7.18. The average molecular weight is 536 g/mol. The molecule has 5 aromatic rings. The van der Waals surface area contributed by atoms with E-state index in [4.69, 9.17) is 15.6 Å². The molecule has 1 saturated carbocycles. The van der Waals surface area contributed by atoms with Crippen LogP contribution in [-0.2, 0) is 0 Å². The van der Waals surface area contributed by atoms with Crippen molar-refractivity contribution >= 4 is 34.4 Å². The van der Waals surface area contributed by atoms with Crippen molar-refractivity contribution in [2.75, 3.05) is 16.0 Å². The summed E-state index contributed by atoms with van der Waals surface area (Å²) in [6, 6.07) is 17.1. The lowest BCUT2D eigenvalue weighted by Crippen LogP contribution is -2.33. The second-order valence-electron chi connectivity index (χ2n) is 9.71. The topological polar surface area (TPSA) is 144 Å². The Hall–Kier alpha value is -5.03. The molecule has 11 nitrogen and oxygen atoms in total. The highest BCUT2D eigenvalue weighted by Crippen LogP contribution is 2.29. The molecule has 0 aliphatic heterocycles. The number of nitrogens with one attached hydrogen (secondary N) is 3. The molecule has 0 spiro atoms. The van der Waals surface area contributed by atoms with Crippen LogP contribution in [0.15, 0.2) is 85.6 Å². The standard InChI is InChI=1S/C29H29N9O2/c30-19-3-5-21(6-4-19)35-27-16-25(34-20-7-9-23(10-8-20)40-24-2-1-13-32-17-24)28-33-18-26(38(28)37-27)29(39)36-22-11-14-31-15-12-22/h1-2,7-19,21,34H,3-6,30H2,(H,35,37)(H,31,36,39)/t19-,21-. The molecule has 4 aromatic heterocycles. The summed E-state index contributed by atoms with van der Waals surface area (Å²) < 4.78 is 7.42. The largest absolute Gasteiger partial charge is 0.456 e. The molecule has 1 aliphatic rings. The number of carbonyl (C=O) groups is 1. The number of nitrogens with two attached hydrogens (primary N) is 1. The van der Waals surface area contributed by atoms with Gasteiger partial charge in [-0.15, -0.1) is 5.10 Å². The summed E-state index contributed by atoms with van der Waals surface area (Å²) in [6.45, 7) is 0. The highest BCUT2D eigenvalue weighted by molar-refractivity contribution is 6.03. The first-order chi connectivity index (χ1) is 19.6. The van der Waals surface area contributed by atoms with E-state index in [1.807, 2.05) is 42.5 Å². The van der Waals surface area contributed by atoms with Crippen molar-refractivity contribution in [3.8, 4) is 11.5 Å². The van der Waals surface area contributed by atoms with Crippen LogP contribution in [0.25, 0.3) is 5.65 Å². The summed E-state index contributed by atoms with van der Waals surface area (Å²) in [6.07, 6.45) is 12.0. The number of hydrogen-bond donors (Lipinski definition) is 4. The molecular weight excluding hydrogens is 506 g/mol. The minimum Gasteiger partial charge on any atom is -0.456 e. The number of fused-ring (bicyclic) bond motifs is 1. The van der Waals surface area contributed by atoms with Crippen LogP contribution in [0.5, 0.6) is 11.5 Å². The average Bonchev–Trinajstić information content (AvgIpc) is 3.41. The Balaban J connectivity index is 1.29. The van der Waals surface area contributed by atoms with Gasteiger partial charge in [-0.1, -0.05) is 0 Å². The minimum absolute atomic E-state index is 0.243. The van der Waals surface area contributed by atoms with E-state index < -0.39 is 0 Å². The molecule has 4 heterocycles. The minimum atomic E-state index is -0.324. The fourth-order valence-corrected chi connectivity index (χ4v) is 4.69. The number of ether oxygens (including phenoxy) is 1. The Morgan fingerprint density at radius 2 is 1.70 bits per heavy atom. The molecule has 1 aliphatic carbocycles. The summed E-state index contributed by atoms with van der Waals surface area (Å²) in [5, 5.41) is 14.6. The van der Waals surface area contributed by atoms with Gasteiger partial charge in [-0.25, -0.2) is 9.50 Å². The monoisotopic (exact) mass is 535 g/mol. The van der Waals surface area contributed by atoms with Gasteiger partial charge in [0.2, 0.25) is 0 Å². The van der Waals surface area contributed by atoms with Gasteiger partial charge < -0.3 is 26.4 Å². The normalized spacial score (nSPS) is 16.8. The smallest absolute Gasteiger partial charge is 0.276 e. The van der Waals surface area contributed by atoms with Gasteiger partial charge in [0.25, 0.3) is 5.91 Å². The van der Waals surface area contributed by atoms with Gasteiger partial charge >= 0.3 is 0 Å². The number of carbonyl (C=O) groups excluding carboxylic acids is 1. The summed E-state index contributed by atoms with van der Waals surface area (Å²) in [4.78, 5) is 25.8. The van der Waals surface area contributed by atoms with E-state index in [1.54, 1.807) is 41.4 Å². The van der Waals surface area contributed by atoms with E-state index in [0.29, 0.717) is 40.0 Å². The number of aromatic nitrogens is 5. The number of nitrogens with zero attached hydrogens (tertiary/aromatic N) is 5. The number of rotatable bonds is 8. The van der Waals surface area contributed by atoms with Crippen molar-refractivity contribution in [3.05, 3.63) is 91.3 Å². The van der Waals surface area contributed by atoms with Crippen LogP contribution in [-0.4, -0.2) is 42.6 Å². The quantitative estimate of drug-likeness (QED) is 0.216. The molecule has 5 N–H and O–H groups in total. The van der Waals surface area contributed by atoms with Crippen LogP contribution in [0.4, 0.5) is 22.9 Å². The number of amides is 1. The maximum absolute atomic E-state index is 13.2. The molecule has 0 radical (unpaired) electrons. The first-order valence-electron chi connectivity index (χ1n) is 13.2. The lowest BCUT2D eigenvalue weighted by Gasteiger charge is -2.27. The Morgan fingerprint density at radius 1 is 0.900 bits per heavy atom. The summed E-state index contributed by atoms with van der Waals surface area (Å²) >= 11 is 0. The summed E-state index contributed by atoms with van der Waals surface area (Å²) in [7, 11) is 0.